The van der Waals surface area contributed by atoms with Crippen LogP contribution < -0.4 is 15.4 Å². The second-order valence-corrected chi connectivity index (χ2v) is 6.08. The Kier molecular flexibility index (Phi) is 5.61. The summed E-state index contributed by atoms with van der Waals surface area (Å²) in [6.07, 6.45) is 2.92. The zero-order chi connectivity index (χ0) is 19.2. The zero-order valence-corrected chi connectivity index (χ0v) is 14.9. The van der Waals surface area contributed by atoms with Crippen molar-refractivity contribution in [1.82, 2.24) is 9.97 Å². The Morgan fingerprint density at radius 3 is 2.37 bits per heavy atom. The second-order valence-electron chi connectivity index (χ2n) is 6.08. The molecule has 138 valence electrons. The first-order valence-corrected chi connectivity index (χ1v) is 8.42. The maximum absolute atomic E-state index is 13.2. The summed E-state index contributed by atoms with van der Waals surface area (Å²) in [5.41, 5.74) is 1.43. The lowest BCUT2D eigenvalue weighted by Gasteiger charge is -2.10. The third-order valence-electron chi connectivity index (χ3n) is 3.48. The highest BCUT2D eigenvalue weighted by atomic mass is 19.1. The highest BCUT2D eigenvalue weighted by Crippen LogP contribution is 2.19. The molecule has 0 aliphatic heterocycles. The lowest BCUT2D eigenvalue weighted by Crippen LogP contribution is -2.13. The molecular weight excluding hydrogens is 347 g/mol. The van der Waals surface area contributed by atoms with Crippen LogP contribution in [-0.4, -0.2) is 22.0 Å². The molecule has 0 aliphatic carbocycles. The number of hydrogen-bond donors (Lipinski definition) is 2. The van der Waals surface area contributed by atoms with E-state index in [1.807, 2.05) is 38.1 Å². The minimum Gasteiger partial charge on any atom is -0.491 e. The van der Waals surface area contributed by atoms with E-state index in [1.54, 1.807) is 6.07 Å². The molecule has 7 heteroatoms. The third kappa shape index (κ3) is 5.24. The van der Waals surface area contributed by atoms with E-state index < -0.39 is 11.7 Å². The Morgan fingerprint density at radius 2 is 1.74 bits per heavy atom. The van der Waals surface area contributed by atoms with E-state index >= 15 is 0 Å². The zero-order valence-electron chi connectivity index (χ0n) is 14.9. The summed E-state index contributed by atoms with van der Waals surface area (Å²) in [5.74, 6) is 0.298. The molecule has 0 bridgehead atoms. The number of rotatable bonds is 6. The molecule has 0 saturated carbocycles. The smallest absolute Gasteiger partial charge is 0.258 e. The standard InChI is InChI=1S/C20H19FN4O2/c1-13(2)27-18-8-6-16(7-9-18)25-20-22-11-14(12-23-20)19(26)24-17-5-3-4-15(21)10-17/h3-13H,1-2H3,(H,24,26)(H,22,23,25). The summed E-state index contributed by atoms with van der Waals surface area (Å²) in [6.45, 7) is 3.93. The van der Waals surface area contributed by atoms with Gasteiger partial charge >= 0.3 is 0 Å². The molecule has 2 N–H and O–H groups in total. The summed E-state index contributed by atoms with van der Waals surface area (Å²) in [5, 5.41) is 5.65. The molecule has 2 aromatic carbocycles. The van der Waals surface area contributed by atoms with E-state index in [9.17, 15) is 9.18 Å². The van der Waals surface area contributed by atoms with Crippen LogP contribution in [0.2, 0.25) is 0 Å². The number of carbonyl (C=O) groups excluding carboxylic acids is 1. The van der Waals surface area contributed by atoms with Gasteiger partial charge in [-0.2, -0.15) is 0 Å². The van der Waals surface area contributed by atoms with Gasteiger partial charge in [-0.05, 0) is 56.3 Å². The number of anilines is 3. The molecule has 1 amide bonds. The minimum absolute atomic E-state index is 0.109. The number of benzene rings is 2. The monoisotopic (exact) mass is 366 g/mol. The van der Waals surface area contributed by atoms with E-state index in [2.05, 4.69) is 20.6 Å². The summed E-state index contributed by atoms with van der Waals surface area (Å²) >= 11 is 0. The molecule has 0 radical (unpaired) electrons. The molecule has 0 unspecified atom stereocenters. The van der Waals surface area contributed by atoms with E-state index in [-0.39, 0.29) is 11.7 Å². The van der Waals surface area contributed by atoms with Gasteiger partial charge in [-0.25, -0.2) is 14.4 Å². The molecule has 1 aromatic heterocycles. The van der Waals surface area contributed by atoms with E-state index in [0.717, 1.165) is 11.4 Å². The average molecular weight is 366 g/mol. The van der Waals surface area contributed by atoms with Gasteiger partial charge in [-0.3, -0.25) is 4.79 Å². The van der Waals surface area contributed by atoms with Gasteiger partial charge in [0.1, 0.15) is 11.6 Å². The second kappa shape index (κ2) is 8.27. The molecule has 0 atom stereocenters. The van der Waals surface area contributed by atoms with Crippen molar-refractivity contribution in [2.45, 2.75) is 20.0 Å². The van der Waals surface area contributed by atoms with Crippen LogP contribution in [0.1, 0.15) is 24.2 Å². The summed E-state index contributed by atoms with van der Waals surface area (Å²) in [4.78, 5) is 20.4. The number of amides is 1. The Balaban J connectivity index is 1.62. The Morgan fingerprint density at radius 1 is 1.04 bits per heavy atom. The number of nitrogens with zero attached hydrogens (tertiary/aromatic N) is 2. The van der Waals surface area contributed by atoms with Crippen LogP contribution in [0, 0.1) is 5.82 Å². The highest BCUT2D eigenvalue weighted by Gasteiger charge is 2.08. The number of ether oxygens (including phenoxy) is 1. The summed E-state index contributed by atoms with van der Waals surface area (Å²) in [6, 6.07) is 13.1. The average Bonchev–Trinajstić information content (AvgIpc) is 2.63. The summed E-state index contributed by atoms with van der Waals surface area (Å²) < 4.78 is 18.8. The molecule has 0 aliphatic rings. The largest absolute Gasteiger partial charge is 0.491 e. The first kappa shape index (κ1) is 18.3. The lowest BCUT2D eigenvalue weighted by atomic mass is 10.2. The van der Waals surface area contributed by atoms with E-state index in [1.165, 1.54) is 30.6 Å². The molecular formula is C20H19FN4O2. The number of carbonyl (C=O) groups is 1. The lowest BCUT2D eigenvalue weighted by molar-refractivity contribution is 0.102. The predicted molar refractivity (Wildman–Crippen MR) is 102 cm³/mol. The van der Waals surface area contributed by atoms with Gasteiger partial charge < -0.3 is 15.4 Å². The summed E-state index contributed by atoms with van der Waals surface area (Å²) in [7, 11) is 0. The molecule has 0 spiro atoms. The van der Waals surface area contributed by atoms with Gasteiger partial charge in [-0.15, -0.1) is 0 Å². The van der Waals surface area contributed by atoms with Crippen LogP contribution in [0.3, 0.4) is 0 Å². The van der Waals surface area contributed by atoms with Crippen LogP contribution >= 0.6 is 0 Å². The number of nitrogens with one attached hydrogen (secondary N) is 2. The molecule has 0 fully saturated rings. The molecule has 3 rings (SSSR count). The van der Waals surface area contributed by atoms with E-state index in [0.29, 0.717) is 11.6 Å². The van der Waals surface area contributed by atoms with Crippen molar-refractivity contribution in [3.8, 4) is 5.75 Å². The fourth-order valence-electron chi connectivity index (χ4n) is 2.30. The van der Waals surface area contributed by atoms with Crippen LogP contribution in [0.25, 0.3) is 0 Å². The van der Waals surface area contributed by atoms with Gasteiger partial charge in [0.05, 0.1) is 11.7 Å². The van der Waals surface area contributed by atoms with Gasteiger partial charge in [0.25, 0.3) is 5.91 Å². The van der Waals surface area contributed by atoms with Gasteiger partial charge in [0.15, 0.2) is 0 Å². The minimum atomic E-state index is -0.423. The molecule has 1 heterocycles. The molecule has 0 saturated heterocycles. The number of halogens is 1. The fraction of sp³-hybridized carbons (Fsp3) is 0.150. The van der Waals surface area contributed by atoms with Crippen molar-refractivity contribution in [3.63, 3.8) is 0 Å². The van der Waals surface area contributed by atoms with Gasteiger partial charge in [0, 0.05) is 23.8 Å². The fourth-order valence-corrected chi connectivity index (χ4v) is 2.30. The molecule has 27 heavy (non-hydrogen) atoms. The van der Waals surface area contributed by atoms with Crippen molar-refractivity contribution in [2.75, 3.05) is 10.6 Å². The normalized spacial score (nSPS) is 10.5. The Labute approximate surface area is 156 Å². The maximum Gasteiger partial charge on any atom is 0.258 e. The van der Waals surface area contributed by atoms with E-state index in [4.69, 9.17) is 4.74 Å². The van der Waals surface area contributed by atoms with Crippen LogP contribution in [0.5, 0.6) is 5.75 Å². The maximum atomic E-state index is 13.2. The Bertz CT molecular complexity index is 912. The highest BCUT2D eigenvalue weighted by molar-refractivity contribution is 6.03. The SMILES string of the molecule is CC(C)Oc1ccc(Nc2ncc(C(=O)Nc3cccc(F)c3)cn2)cc1. The molecule has 6 nitrogen and oxygen atoms in total. The first-order valence-electron chi connectivity index (χ1n) is 8.42. The van der Waals surface area contributed by atoms with Crippen molar-refractivity contribution in [3.05, 3.63) is 72.3 Å². The quantitative estimate of drug-likeness (QED) is 0.676. The topological polar surface area (TPSA) is 76.1 Å². The molecule has 3 aromatic rings. The number of aromatic nitrogens is 2. The van der Waals surface area contributed by atoms with Crippen molar-refractivity contribution < 1.29 is 13.9 Å². The predicted octanol–water partition coefficient (Wildman–Crippen LogP) is 4.40. The van der Waals surface area contributed by atoms with Crippen molar-refractivity contribution in [1.29, 1.82) is 0 Å². The van der Waals surface area contributed by atoms with Crippen LogP contribution in [-0.2, 0) is 0 Å². The third-order valence-corrected chi connectivity index (χ3v) is 3.48. The van der Waals surface area contributed by atoms with Gasteiger partial charge in [-0.1, -0.05) is 6.07 Å². The van der Waals surface area contributed by atoms with Crippen LogP contribution in [0.4, 0.5) is 21.7 Å². The van der Waals surface area contributed by atoms with Crippen LogP contribution in [0.15, 0.2) is 60.9 Å². The Hall–Kier alpha value is -3.48. The number of hydrogen-bond acceptors (Lipinski definition) is 5. The van der Waals surface area contributed by atoms with Crippen molar-refractivity contribution in [2.24, 2.45) is 0 Å². The first-order chi connectivity index (χ1) is 13.0. The van der Waals surface area contributed by atoms with Gasteiger partial charge in [0.2, 0.25) is 5.95 Å². The van der Waals surface area contributed by atoms with Crippen molar-refractivity contribution >= 4 is 23.2 Å².